The first-order valence-electron chi connectivity index (χ1n) is 9.57. The van der Waals surface area contributed by atoms with Crippen molar-refractivity contribution in [2.75, 3.05) is 38.8 Å². The second-order valence-corrected chi connectivity index (χ2v) is 6.78. The molecule has 1 saturated heterocycles. The van der Waals surface area contributed by atoms with Gasteiger partial charge in [0.25, 0.3) is 0 Å². The number of hydrogen-bond donors (Lipinski definition) is 2. The predicted molar refractivity (Wildman–Crippen MR) is 112 cm³/mol. The first-order chi connectivity index (χ1) is 13.7. The number of ether oxygens (including phenoxy) is 2. The number of benzene rings is 1. The van der Waals surface area contributed by atoms with Crippen LogP contribution in [0.15, 0.2) is 47.6 Å². The van der Waals surface area contributed by atoms with E-state index < -0.39 is 0 Å². The number of nitrogens with zero attached hydrogens (tertiary/aromatic N) is 3. The molecule has 0 amide bonds. The zero-order chi connectivity index (χ0) is 19.8. The van der Waals surface area contributed by atoms with Crippen molar-refractivity contribution in [2.45, 2.75) is 26.1 Å². The van der Waals surface area contributed by atoms with Crippen LogP contribution in [-0.2, 0) is 17.8 Å². The highest BCUT2D eigenvalue weighted by Crippen LogP contribution is 2.16. The Bertz CT molecular complexity index is 779. The molecule has 1 unspecified atom stereocenters. The Balaban J connectivity index is 1.52. The van der Waals surface area contributed by atoms with Gasteiger partial charge in [0, 0.05) is 39.4 Å². The quantitative estimate of drug-likeness (QED) is 0.589. The summed E-state index contributed by atoms with van der Waals surface area (Å²) in [6.45, 7) is 5.95. The topological polar surface area (TPSA) is 71.0 Å². The summed E-state index contributed by atoms with van der Waals surface area (Å²) in [6, 6.07) is 12.1. The summed E-state index contributed by atoms with van der Waals surface area (Å²) in [7, 11) is 3.44. The van der Waals surface area contributed by atoms with E-state index in [0.717, 1.165) is 48.4 Å². The van der Waals surface area contributed by atoms with Crippen molar-refractivity contribution in [3.63, 3.8) is 0 Å². The van der Waals surface area contributed by atoms with Crippen LogP contribution in [0.2, 0.25) is 0 Å². The smallest absolute Gasteiger partial charge is 0.191 e. The number of aliphatic imine (C=N–C) groups is 1. The molecule has 7 nitrogen and oxygen atoms in total. The van der Waals surface area contributed by atoms with Gasteiger partial charge >= 0.3 is 0 Å². The lowest BCUT2D eigenvalue weighted by Crippen LogP contribution is -2.41. The Hall–Kier alpha value is -2.80. The molecule has 3 rings (SSSR count). The van der Waals surface area contributed by atoms with Crippen molar-refractivity contribution in [3.05, 3.63) is 53.7 Å². The molecule has 0 aliphatic carbocycles. The van der Waals surface area contributed by atoms with Crippen molar-refractivity contribution in [1.82, 2.24) is 15.6 Å². The molecular weight excluding hydrogens is 354 g/mol. The summed E-state index contributed by atoms with van der Waals surface area (Å²) < 4.78 is 10.8. The summed E-state index contributed by atoms with van der Waals surface area (Å²) in [5, 5.41) is 6.69. The standard InChI is InChI=1S/C21H29N5O2/c1-16-15-26(10-11-28-16)20-12-18(8-9-23-20)14-25-21(22-2)24-13-17-4-6-19(27-3)7-5-17/h4-9,12,16H,10-11,13-15H2,1-3H3,(H2,22,24,25). The van der Waals surface area contributed by atoms with E-state index in [-0.39, 0.29) is 6.10 Å². The number of aromatic nitrogens is 1. The van der Waals surface area contributed by atoms with Crippen LogP contribution >= 0.6 is 0 Å². The van der Waals surface area contributed by atoms with Gasteiger partial charge in [-0.25, -0.2) is 4.98 Å². The number of rotatable bonds is 6. The second kappa shape index (κ2) is 9.94. The predicted octanol–water partition coefficient (Wildman–Crippen LogP) is 2.18. The molecular formula is C21H29N5O2. The molecule has 28 heavy (non-hydrogen) atoms. The summed E-state index contributed by atoms with van der Waals surface area (Å²) in [5.74, 6) is 2.61. The van der Waals surface area contributed by atoms with Crippen LogP contribution in [0.25, 0.3) is 0 Å². The minimum Gasteiger partial charge on any atom is -0.497 e. The number of anilines is 1. The van der Waals surface area contributed by atoms with Gasteiger partial charge in [0.15, 0.2) is 5.96 Å². The van der Waals surface area contributed by atoms with E-state index in [1.54, 1.807) is 14.2 Å². The maximum Gasteiger partial charge on any atom is 0.191 e. The zero-order valence-corrected chi connectivity index (χ0v) is 16.8. The van der Waals surface area contributed by atoms with Crippen LogP contribution < -0.4 is 20.3 Å². The Morgan fingerprint density at radius 3 is 2.64 bits per heavy atom. The molecule has 0 radical (unpaired) electrons. The third kappa shape index (κ3) is 5.60. The summed E-state index contributed by atoms with van der Waals surface area (Å²) in [4.78, 5) is 11.1. The molecule has 7 heteroatoms. The van der Waals surface area contributed by atoms with E-state index in [4.69, 9.17) is 9.47 Å². The van der Waals surface area contributed by atoms with Gasteiger partial charge in [-0.15, -0.1) is 0 Å². The fourth-order valence-electron chi connectivity index (χ4n) is 3.11. The molecule has 1 fully saturated rings. The lowest BCUT2D eigenvalue weighted by molar-refractivity contribution is 0.0529. The monoisotopic (exact) mass is 383 g/mol. The molecule has 0 spiro atoms. The van der Waals surface area contributed by atoms with Crippen molar-refractivity contribution in [3.8, 4) is 5.75 Å². The third-order valence-corrected chi connectivity index (χ3v) is 4.68. The summed E-state index contributed by atoms with van der Waals surface area (Å²) >= 11 is 0. The van der Waals surface area contributed by atoms with Gasteiger partial charge in [0.1, 0.15) is 11.6 Å². The molecule has 2 heterocycles. The first-order valence-corrected chi connectivity index (χ1v) is 9.57. The second-order valence-electron chi connectivity index (χ2n) is 6.78. The van der Waals surface area contributed by atoms with Gasteiger partial charge < -0.3 is 25.0 Å². The average molecular weight is 383 g/mol. The Labute approximate surface area is 166 Å². The van der Waals surface area contributed by atoms with Crippen molar-refractivity contribution >= 4 is 11.8 Å². The molecule has 2 aromatic rings. The van der Waals surface area contributed by atoms with Gasteiger partial charge in [0.05, 0.1) is 19.8 Å². The molecule has 1 aromatic carbocycles. The van der Waals surface area contributed by atoms with E-state index in [1.165, 1.54) is 0 Å². The highest BCUT2D eigenvalue weighted by Gasteiger charge is 2.18. The Morgan fingerprint density at radius 1 is 1.21 bits per heavy atom. The van der Waals surface area contributed by atoms with Crippen LogP contribution in [0.4, 0.5) is 5.82 Å². The summed E-state index contributed by atoms with van der Waals surface area (Å²) in [5.41, 5.74) is 2.33. The normalized spacial score (nSPS) is 17.3. The van der Waals surface area contributed by atoms with E-state index in [0.29, 0.717) is 13.1 Å². The van der Waals surface area contributed by atoms with Crippen molar-refractivity contribution in [1.29, 1.82) is 0 Å². The van der Waals surface area contributed by atoms with Crippen molar-refractivity contribution in [2.24, 2.45) is 4.99 Å². The van der Waals surface area contributed by atoms with Crippen LogP contribution in [0.3, 0.4) is 0 Å². The Kier molecular flexibility index (Phi) is 7.08. The van der Waals surface area contributed by atoms with Gasteiger partial charge in [-0.05, 0) is 42.3 Å². The number of guanidine groups is 1. The minimum atomic E-state index is 0.235. The molecule has 1 aliphatic rings. The van der Waals surface area contributed by atoms with Crippen LogP contribution in [0.5, 0.6) is 5.75 Å². The third-order valence-electron chi connectivity index (χ3n) is 4.68. The first kappa shape index (κ1) is 19.9. The van der Waals surface area contributed by atoms with E-state index in [1.807, 2.05) is 36.5 Å². The van der Waals surface area contributed by atoms with Gasteiger partial charge in [-0.3, -0.25) is 4.99 Å². The number of morpholine rings is 1. The fraction of sp³-hybridized carbons (Fsp3) is 0.429. The molecule has 2 N–H and O–H groups in total. The number of hydrogen-bond acceptors (Lipinski definition) is 5. The minimum absolute atomic E-state index is 0.235. The SMILES string of the molecule is CN=C(NCc1ccc(OC)cc1)NCc1ccnc(N2CCOC(C)C2)c1. The lowest BCUT2D eigenvalue weighted by atomic mass is 10.2. The van der Waals surface area contributed by atoms with Crippen LogP contribution in [-0.4, -0.2) is 50.9 Å². The highest BCUT2D eigenvalue weighted by molar-refractivity contribution is 5.79. The maximum absolute atomic E-state index is 5.62. The van der Waals surface area contributed by atoms with E-state index >= 15 is 0 Å². The van der Waals surface area contributed by atoms with E-state index in [2.05, 4.69) is 38.5 Å². The number of methoxy groups -OCH3 is 1. The largest absolute Gasteiger partial charge is 0.497 e. The highest BCUT2D eigenvalue weighted by atomic mass is 16.5. The lowest BCUT2D eigenvalue weighted by Gasteiger charge is -2.32. The molecule has 150 valence electrons. The van der Waals surface area contributed by atoms with Gasteiger partial charge in [-0.2, -0.15) is 0 Å². The zero-order valence-electron chi connectivity index (χ0n) is 16.8. The van der Waals surface area contributed by atoms with Crippen LogP contribution in [0.1, 0.15) is 18.1 Å². The molecule has 0 bridgehead atoms. The molecule has 0 saturated carbocycles. The Morgan fingerprint density at radius 2 is 1.96 bits per heavy atom. The van der Waals surface area contributed by atoms with Gasteiger partial charge in [0.2, 0.25) is 0 Å². The molecule has 1 aromatic heterocycles. The average Bonchev–Trinajstić information content (AvgIpc) is 2.74. The van der Waals surface area contributed by atoms with E-state index in [9.17, 15) is 0 Å². The fourth-order valence-corrected chi connectivity index (χ4v) is 3.11. The molecule has 1 aliphatic heterocycles. The summed E-state index contributed by atoms with van der Waals surface area (Å²) in [6.07, 6.45) is 2.10. The number of pyridine rings is 1. The van der Waals surface area contributed by atoms with Gasteiger partial charge in [-0.1, -0.05) is 12.1 Å². The van der Waals surface area contributed by atoms with Crippen molar-refractivity contribution < 1.29 is 9.47 Å². The maximum atomic E-state index is 5.62. The van der Waals surface area contributed by atoms with Crippen LogP contribution in [0, 0.1) is 0 Å². The number of nitrogens with one attached hydrogen (secondary N) is 2. The molecule has 1 atom stereocenters.